The number of nitrogens with one attached hydrogen (secondary N) is 1. The van der Waals surface area contributed by atoms with E-state index in [9.17, 15) is 0 Å². The Morgan fingerprint density at radius 1 is 1.26 bits per heavy atom. The van der Waals surface area contributed by atoms with Crippen molar-refractivity contribution in [2.45, 2.75) is 51.7 Å². The lowest BCUT2D eigenvalue weighted by atomic mass is 9.84. The molecule has 0 heterocycles. The lowest BCUT2D eigenvalue weighted by Gasteiger charge is -2.39. The SMILES string of the molecule is CCNC(Cc1cccc(Cl)c1)C(CC)(CC)OC. The number of hydrogen-bond acceptors (Lipinski definition) is 2. The van der Waals surface area contributed by atoms with Crippen molar-refractivity contribution < 1.29 is 4.74 Å². The first-order chi connectivity index (χ1) is 9.11. The highest BCUT2D eigenvalue weighted by atomic mass is 35.5. The monoisotopic (exact) mass is 283 g/mol. The van der Waals surface area contributed by atoms with Crippen molar-refractivity contribution >= 4 is 11.6 Å². The van der Waals surface area contributed by atoms with Gasteiger partial charge in [0.05, 0.1) is 5.60 Å². The molecule has 0 fully saturated rings. The van der Waals surface area contributed by atoms with E-state index >= 15 is 0 Å². The van der Waals surface area contributed by atoms with Crippen molar-refractivity contribution in [3.8, 4) is 0 Å². The zero-order valence-corrected chi connectivity index (χ0v) is 13.3. The Kier molecular flexibility index (Phi) is 6.84. The van der Waals surface area contributed by atoms with Crippen molar-refractivity contribution in [3.05, 3.63) is 34.9 Å². The lowest BCUT2D eigenvalue weighted by molar-refractivity contribution is -0.0468. The summed E-state index contributed by atoms with van der Waals surface area (Å²) in [6.07, 6.45) is 2.93. The summed E-state index contributed by atoms with van der Waals surface area (Å²) >= 11 is 6.07. The maximum absolute atomic E-state index is 6.07. The lowest BCUT2D eigenvalue weighted by Crippen LogP contribution is -2.52. The van der Waals surface area contributed by atoms with Crippen LogP contribution >= 0.6 is 11.6 Å². The van der Waals surface area contributed by atoms with Gasteiger partial charge in [0, 0.05) is 18.2 Å². The fraction of sp³-hybridized carbons (Fsp3) is 0.625. The number of rotatable bonds is 8. The smallest absolute Gasteiger partial charge is 0.0828 e. The van der Waals surface area contributed by atoms with E-state index in [-0.39, 0.29) is 5.60 Å². The molecule has 1 rings (SSSR count). The average molecular weight is 284 g/mol. The maximum atomic E-state index is 6.07. The molecule has 0 amide bonds. The molecule has 1 aromatic carbocycles. The fourth-order valence-electron chi connectivity index (χ4n) is 2.76. The van der Waals surface area contributed by atoms with Crippen LogP contribution in [0.25, 0.3) is 0 Å². The second-order valence-electron chi connectivity index (χ2n) is 4.92. The summed E-state index contributed by atoms with van der Waals surface area (Å²) in [5.74, 6) is 0. The van der Waals surface area contributed by atoms with E-state index in [1.807, 2.05) is 25.3 Å². The first-order valence-electron chi connectivity index (χ1n) is 7.14. The van der Waals surface area contributed by atoms with Crippen LogP contribution in [0.3, 0.4) is 0 Å². The molecule has 0 bridgehead atoms. The van der Waals surface area contributed by atoms with Gasteiger partial charge in [0.15, 0.2) is 0 Å². The Morgan fingerprint density at radius 2 is 1.95 bits per heavy atom. The summed E-state index contributed by atoms with van der Waals surface area (Å²) in [7, 11) is 1.81. The predicted molar refractivity (Wildman–Crippen MR) is 82.9 cm³/mol. The number of ether oxygens (including phenoxy) is 1. The zero-order valence-electron chi connectivity index (χ0n) is 12.5. The first-order valence-corrected chi connectivity index (χ1v) is 7.52. The molecule has 0 radical (unpaired) electrons. The van der Waals surface area contributed by atoms with E-state index < -0.39 is 0 Å². The Labute approximate surface area is 122 Å². The van der Waals surface area contributed by atoms with Gasteiger partial charge in [-0.15, -0.1) is 0 Å². The van der Waals surface area contributed by atoms with Crippen LogP contribution in [-0.4, -0.2) is 25.3 Å². The first kappa shape index (κ1) is 16.5. The van der Waals surface area contributed by atoms with Crippen LogP contribution in [-0.2, 0) is 11.2 Å². The van der Waals surface area contributed by atoms with Gasteiger partial charge in [-0.05, 0) is 43.5 Å². The number of halogens is 1. The highest BCUT2D eigenvalue weighted by Crippen LogP contribution is 2.27. The van der Waals surface area contributed by atoms with E-state index in [0.29, 0.717) is 6.04 Å². The molecule has 0 aliphatic heterocycles. The molecule has 3 heteroatoms. The summed E-state index contributed by atoms with van der Waals surface area (Å²) in [5, 5.41) is 4.37. The van der Waals surface area contributed by atoms with Gasteiger partial charge in [0.25, 0.3) is 0 Å². The molecule has 0 aliphatic rings. The third kappa shape index (κ3) is 4.20. The molecule has 1 aromatic rings. The molecule has 0 saturated carbocycles. The molecule has 1 atom stereocenters. The Balaban J connectivity index is 2.93. The van der Waals surface area contributed by atoms with Gasteiger partial charge < -0.3 is 10.1 Å². The molecule has 2 nitrogen and oxygen atoms in total. The Hall–Kier alpha value is -0.570. The predicted octanol–water partition coefficient (Wildman–Crippen LogP) is 4.07. The quantitative estimate of drug-likeness (QED) is 0.777. The van der Waals surface area contributed by atoms with Gasteiger partial charge in [-0.25, -0.2) is 0 Å². The number of likely N-dealkylation sites (N-methyl/N-ethyl adjacent to an activating group) is 1. The van der Waals surface area contributed by atoms with E-state index in [1.165, 1.54) is 5.56 Å². The second kappa shape index (κ2) is 7.88. The summed E-state index contributed by atoms with van der Waals surface area (Å²) in [6, 6.07) is 8.39. The van der Waals surface area contributed by atoms with Gasteiger partial charge >= 0.3 is 0 Å². The topological polar surface area (TPSA) is 21.3 Å². The van der Waals surface area contributed by atoms with Crippen LogP contribution < -0.4 is 5.32 Å². The van der Waals surface area contributed by atoms with E-state index in [1.54, 1.807) is 0 Å². The summed E-state index contributed by atoms with van der Waals surface area (Å²) in [6.45, 7) is 7.46. The van der Waals surface area contributed by atoms with Crippen molar-refractivity contribution in [3.63, 3.8) is 0 Å². The van der Waals surface area contributed by atoms with Crippen molar-refractivity contribution in [1.29, 1.82) is 0 Å². The minimum Gasteiger partial charge on any atom is -0.377 e. The molecule has 0 aromatic heterocycles. The standard InChI is InChI=1S/C16H26ClNO/c1-5-16(6-2,19-4)15(18-7-3)12-13-9-8-10-14(17)11-13/h8-11,15,18H,5-7,12H2,1-4H3. The van der Waals surface area contributed by atoms with Gasteiger partial charge in [-0.1, -0.05) is 44.5 Å². The van der Waals surface area contributed by atoms with E-state index in [2.05, 4.69) is 32.2 Å². The Morgan fingerprint density at radius 3 is 2.42 bits per heavy atom. The van der Waals surface area contributed by atoms with Gasteiger partial charge in [-0.3, -0.25) is 0 Å². The van der Waals surface area contributed by atoms with Crippen molar-refractivity contribution in [2.24, 2.45) is 0 Å². The van der Waals surface area contributed by atoms with Crippen molar-refractivity contribution in [2.75, 3.05) is 13.7 Å². The number of methoxy groups -OCH3 is 1. The van der Waals surface area contributed by atoms with Crippen LogP contribution in [0.2, 0.25) is 5.02 Å². The fourth-order valence-corrected chi connectivity index (χ4v) is 2.98. The van der Waals surface area contributed by atoms with E-state index in [4.69, 9.17) is 16.3 Å². The molecule has 0 saturated heterocycles. The number of hydrogen-bond donors (Lipinski definition) is 1. The normalized spacial score (nSPS) is 13.5. The third-order valence-corrected chi connectivity index (χ3v) is 4.25. The molecule has 0 aliphatic carbocycles. The molecule has 1 N–H and O–H groups in total. The van der Waals surface area contributed by atoms with Gasteiger partial charge in [0.1, 0.15) is 0 Å². The summed E-state index contributed by atoms with van der Waals surface area (Å²) in [4.78, 5) is 0. The number of benzene rings is 1. The van der Waals surface area contributed by atoms with Crippen LogP contribution in [0.1, 0.15) is 39.2 Å². The van der Waals surface area contributed by atoms with Crippen LogP contribution in [0.4, 0.5) is 0 Å². The van der Waals surface area contributed by atoms with Crippen LogP contribution in [0.15, 0.2) is 24.3 Å². The maximum Gasteiger partial charge on any atom is 0.0828 e. The zero-order chi connectivity index (χ0) is 14.3. The molecule has 19 heavy (non-hydrogen) atoms. The molecular weight excluding hydrogens is 258 g/mol. The van der Waals surface area contributed by atoms with Crippen LogP contribution in [0, 0.1) is 0 Å². The molecule has 108 valence electrons. The van der Waals surface area contributed by atoms with Gasteiger partial charge in [-0.2, -0.15) is 0 Å². The largest absolute Gasteiger partial charge is 0.377 e. The van der Waals surface area contributed by atoms with Crippen molar-refractivity contribution in [1.82, 2.24) is 5.32 Å². The molecule has 1 unspecified atom stereocenters. The van der Waals surface area contributed by atoms with Gasteiger partial charge in [0.2, 0.25) is 0 Å². The van der Waals surface area contributed by atoms with Crippen LogP contribution in [0.5, 0.6) is 0 Å². The Bertz CT molecular complexity index is 369. The second-order valence-corrected chi connectivity index (χ2v) is 5.36. The van der Waals surface area contributed by atoms with E-state index in [0.717, 1.165) is 30.8 Å². The highest BCUT2D eigenvalue weighted by Gasteiger charge is 2.35. The minimum absolute atomic E-state index is 0.113. The summed E-state index contributed by atoms with van der Waals surface area (Å²) in [5.41, 5.74) is 1.14. The minimum atomic E-state index is -0.113. The third-order valence-electron chi connectivity index (χ3n) is 4.02. The molecular formula is C16H26ClNO. The molecule has 0 spiro atoms. The summed E-state index contributed by atoms with van der Waals surface area (Å²) < 4.78 is 5.86. The average Bonchev–Trinajstić information content (AvgIpc) is 2.41. The highest BCUT2D eigenvalue weighted by molar-refractivity contribution is 6.30.